The van der Waals surface area contributed by atoms with Crippen LogP contribution in [-0.2, 0) is 30.1 Å². The Kier molecular flexibility index (Phi) is 15.9. The highest BCUT2D eigenvalue weighted by atomic mass is 35.5. The molecule has 3 amide bonds. The van der Waals surface area contributed by atoms with Gasteiger partial charge in [0.15, 0.2) is 0 Å². The van der Waals surface area contributed by atoms with Crippen molar-refractivity contribution in [3.05, 3.63) is 29.8 Å². The minimum atomic E-state index is -5.21. The standard InChI is InChI=1S/C18H25Cl2F3N5O5P.C2H6/c19-7-9-28(10-8-20)34(25,32)33-11-12-1-3-13(4-2-12)26-16(30)14(5-6-15(24)29)27-17(31)18(21,22)23;1-2/h1-4,14H,5-11H2,(H2,24,29)(H2,25,32)(H,26,30)(H,27,31);1-2H3/t14-,34?;/m0./s1. The molecule has 0 aliphatic heterocycles. The lowest BCUT2D eigenvalue weighted by Crippen LogP contribution is -2.49. The summed E-state index contributed by atoms with van der Waals surface area (Å²) in [5, 5.41) is 3.88. The van der Waals surface area contributed by atoms with Crippen molar-refractivity contribution in [2.24, 2.45) is 11.2 Å². The second-order valence-corrected chi connectivity index (χ2v) is 9.59. The van der Waals surface area contributed by atoms with Crippen LogP contribution in [0.2, 0.25) is 0 Å². The number of rotatable bonds is 14. The molecule has 10 nitrogen and oxygen atoms in total. The maximum absolute atomic E-state index is 12.6. The molecule has 0 heterocycles. The van der Waals surface area contributed by atoms with E-state index in [4.69, 9.17) is 39.0 Å². The van der Waals surface area contributed by atoms with Crippen molar-refractivity contribution in [3.8, 4) is 0 Å². The van der Waals surface area contributed by atoms with Crippen molar-refractivity contribution in [2.75, 3.05) is 30.2 Å². The van der Waals surface area contributed by atoms with Gasteiger partial charge >= 0.3 is 19.8 Å². The van der Waals surface area contributed by atoms with E-state index in [2.05, 4.69) is 5.32 Å². The fourth-order valence-corrected chi connectivity index (χ4v) is 4.44. The van der Waals surface area contributed by atoms with Gasteiger partial charge in [0.1, 0.15) is 6.04 Å². The maximum Gasteiger partial charge on any atom is 0.471 e. The number of hydrogen-bond acceptors (Lipinski definition) is 5. The van der Waals surface area contributed by atoms with E-state index in [0.29, 0.717) is 5.56 Å². The molecule has 0 radical (unpaired) electrons. The van der Waals surface area contributed by atoms with Crippen LogP contribution in [0.1, 0.15) is 32.3 Å². The molecule has 0 saturated carbocycles. The zero-order chi connectivity index (χ0) is 27.9. The first-order valence-electron chi connectivity index (χ1n) is 10.8. The molecule has 206 valence electrons. The second kappa shape index (κ2) is 16.8. The summed E-state index contributed by atoms with van der Waals surface area (Å²) in [5.74, 6) is -3.82. The first-order chi connectivity index (χ1) is 16.8. The summed E-state index contributed by atoms with van der Waals surface area (Å²) in [6.45, 7) is 4.26. The maximum atomic E-state index is 12.6. The van der Waals surface area contributed by atoms with Crippen LogP contribution in [0.4, 0.5) is 18.9 Å². The van der Waals surface area contributed by atoms with E-state index in [1.54, 1.807) is 0 Å². The summed E-state index contributed by atoms with van der Waals surface area (Å²) in [5.41, 5.74) is 11.4. The Morgan fingerprint density at radius 2 is 1.64 bits per heavy atom. The third kappa shape index (κ3) is 12.9. The van der Waals surface area contributed by atoms with Gasteiger partial charge in [-0.1, -0.05) is 26.0 Å². The minimum absolute atomic E-state index is 0.147. The van der Waals surface area contributed by atoms with E-state index in [9.17, 15) is 32.1 Å². The zero-order valence-electron chi connectivity index (χ0n) is 19.8. The Morgan fingerprint density at radius 1 is 1.11 bits per heavy atom. The van der Waals surface area contributed by atoms with Crippen molar-refractivity contribution in [1.29, 1.82) is 0 Å². The highest BCUT2D eigenvalue weighted by Crippen LogP contribution is 2.43. The van der Waals surface area contributed by atoms with Crippen molar-refractivity contribution in [2.45, 2.75) is 45.5 Å². The molecule has 0 bridgehead atoms. The largest absolute Gasteiger partial charge is 0.471 e. The molecule has 2 atom stereocenters. The molecule has 36 heavy (non-hydrogen) atoms. The van der Waals surface area contributed by atoms with Crippen molar-refractivity contribution in [1.82, 2.24) is 9.99 Å². The summed E-state index contributed by atoms with van der Waals surface area (Å²) in [6.07, 6.45) is -6.06. The third-order valence-corrected chi connectivity index (χ3v) is 6.30. The Labute approximate surface area is 217 Å². The molecular weight excluding hydrogens is 549 g/mol. The Bertz CT molecular complexity index is 887. The topological polar surface area (TPSA) is 157 Å². The minimum Gasteiger partial charge on any atom is -0.370 e. The summed E-state index contributed by atoms with van der Waals surface area (Å²) in [7, 11) is -3.67. The fraction of sp³-hybridized carbons (Fsp3) is 0.550. The molecule has 1 aromatic rings. The highest BCUT2D eigenvalue weighted by molar-refractivity contribution is 7.53. The van der Waals surface area contributed by atoms with Crippen LogP contribution in [0, 0.1) is 0 Å². The molecule has 1 unspecified atom stereocenters. The third-order valence-electron chi connectivity index (χ3n) is 4.28. The SMILES string of the molecule is CC.NC(=O)CC[C@H](NC(=O)C(F)(F)F)C(=O)Nc1ccc(COP(N)(=O)N(CCCl)CCCl)cc1. The predicted molar refractivity (Wildman–Crippen MR) is 132 cm³/mol. The molecule has 0 aliphatic rings. The van der Waals surface area contributed by atoms with Gasteiger partial charge in [0.25, 0.3) is 0 Å². The molecule has 1 aromatic carbocycles. The Morgan fingerprint density at radius 3 is 2.08 bits per heavy atom. The van der Waals surface area contributed by atoms with Gasteiger partial charge in [0, 0.05) is 37.0 Å². The Balaban J connectivity index is 0.00000596. The lowest BCUT2D eigenvalue weighted by Gasteiger charge is -2.26. The molecule has 0 aromatic heterocycles. The number of amides is 3. The first-order valence-corrected chi connectivity index (χ1v) is 13.5. The molecule has 6 N–H and O–H groups in total. The number of primary amides is 1. The number of carbonyl (C=O) groups is 3. The predicted octanol–water partition coefficient (Wildman–Crippen LogP) is 3.33. The normalized spacial score (nSPS) is 13.7. The quantitative estimate of drug-likeness (QED) is 0.194. The monoisotopic (exact) mass is 579 g/mol. The van der Waals surface area contributed by atoms with Crippen LogP contribution in [0.3, 0.4) is 0 Å². The highest BCUT2D eigenvalue weighted by Gasteiger charge is 2.40. The number of nitrogens with zero attached hydrogens (tertiary/aromatic N) is 1. The average Bonchev–Trinajstić information content (AvgIpc) is 2.81. The number of alkyl halides is 5. The van der Waals surface area contributed by atoms with Gasteiger partial charge in [-0.15, -0.1) is 23.2 Å². The van der Waals surface area contributed by atoms with E-state index < -0.39 is 50.5 Å². The smallest absolute Gasteiger partial charge is 0.370 e. The van der Waals surface area contributed by atoms with Crippen molar-refractivity contribution in [3.63, 3.8) is 0 Å². The van der Waals surface area contributed by atoms with Gasteiger partial charge in [-0.3, -0.25) is 18.9 Å². The molecule has 1 rings (SSSR count). The van der Waals surface area contributed by atoms with Gasteiger partial charge in [-0.05, 0) is 24.1 Å². The van der Waals surface area contributed by atoms with Gasteiger partial charge in [-0.25, -0.2) is 10.2 Å². The molecule has 0 aliphatic carbocycles. The number of halogens is 5. The van der Waals surface area contributed by atoms with Gasteiger partial charge in [0.2, 0.25) is 11.8 Å². The summed E-state index contributed by atoms with van der Waals surface area (Å²) >= 11 is 11.3. The Hall–Kier alpha value is -1.89. The zero-order valence-corrected chi connectivity index (χ0v) is 22.2. The van der Waals surface area contributed by atoms with Crippen LogP contribution >= 0.6 is 30.9 Å². The molecule has 0 saturated heterocycles. The van der Waals surface area contributed by atoms with Crippen LogP contribution in [0.25, 0.3) is 0 Å². The van der Waals surface area contributed by atoms with Gasteiger partial charge in [-0.2, -0.15) is 13.2 Å². The van der Waals surface area contributed by atoms with E-state index in [1.807, 2.05) is 13.8 Å². The number of hydrogen-bond donors (Lipinski definition) is 4. The number of benzene rings is 1. The van der Waals surface area contributed by atoms with Gasteiger partial charge < -0.3 is 20.9 Å². The summed E-state index contributed by atoms with van der Waals surface area (Å²) < 4.78 is 56.9. The number of nitrogens with two attached hydrogens (primary N) is 2. The molecule has 0 fully saturated rings. The van der Waals surface area contributed by atoms with Crippen LogP contribution in [0.5, 0.6) is 0 Å². The summed E-state index contributed by atoms with van der Waals surface area (Å²) in [4.78, 5) is 34.5. The van der Waals surface area contributed by atoms with Crippen LogP contribution in [-0.4, -0.2) is 59.5 Å². The van der Waals surface area contributed by atoms with Gasteiger partial charge in [0.05, 0.1) is 6.61 Å². The molecule has 16 heteroatoms. The second-order valence-electron chi connectivity index (χ2n) is 6.88. The fourth-order valence-electron chi connectivity index (χ4n) is 2.54. The number of nitrogens with one attached hydrogen (secondary N) is 2. The summed E-state index contributed by atoms with van der Waals surface area (Å²) in [6, 6.07) is 4.15. The lowest BCUT2D eigenvalue weighted by atomic mass is 10.1. The van der Waals surface area contributed by atoms with Crippen molar-refractivity contribution < 1.29 is 36.6 Å². The molecule has 0 spiro atoms. The van der Waals surface area contributed by atoms with E-state index in [1.165, 1.54) is 34.3 Å². The van der Waals surface area contributed by atoms with Crippen molar-refractivity contribution >= 4 is 54.3 Å². The van der Waals surface area contributed by atoms with E-state index in [-0.39, 0.29) is 37.1 Å². The van der Waals surface area contributed by atoms with Crippen LogP contribution in [0.15, 0.2) is 24.3 Å². The van der Waals surface area contributed by atoms with Crippen LogP contribution < -0.4 is 21.9 Å². The van der Waals surface area contributed by atoms with E-state index in [0.717, 1.165) is 0 Å². The lowest BCUT2D eigenvalue weighted by molar-refractivity contribution is -0.174. The van der Waals surface area contributed by atoms with E-state index >= 15 is 0 Å². The molecular formula is C20H31Cl2F3N5O5P. The number of carbonyl (C=O) groups excluding carboxylic acids is 3. The number of anilines is 1. The first kappa shape index (κ1) is 34.1. The average molecular weight is 580 g/mol.